The van der Waals surface area contributed by atoms with E-state index in [4.69, 9.17) is 14.2 Å². The Morgan fingerprint density at radius 2 is 1.83 bits per heavy atom. The molecule has 188 valence electrons. The van der Waals surface area contributed by atoms with Crippen LogP contribution in [0.5, 0.6) is 11.5 Å². The second-order valence-electron chi connectivity index (χ2n) is 8.19. The largest absolute Gasteiger partial charge is 0.493 e. The van der Waals surface area contributed by atoms with Crippen LogP contribution in [0.15, 0.2) is 47.6 Å². The topological polar surface area (TPSA) is 102 Å². The molecule has 10 heteroatoms. The summed E-state index contributed by atoms with van der Waals surface area (Å²) in [5, 5.41) is 9.68. The summed E-state index contributed by atoms with van der Waals surface area (Å²) in [4.78, 5) is 30.1. The average Bonchev–Trinajstić information content (AvgIpc) is 3.23. The lowest BCUT2D eigenvalue weighted by Crippen LogP contribution is -2.41. The van der Waals surface area contributed by atoms with Crippen molar-refractivity contribution in [3.8, 4) is 11.5 Å². The molecule has 36 heavy (non-hydrogen) atoms. The molecule has 1 aromatic heterocycles. The summed E-state index contributed by atoms with van der Waals surface area (Å²) in [6, 6.07) is 12.7. The van der Waals surface area contributed by atoms with Crippen molar-refractivity contribution in [1.29, 1.82) is 0 Å². The Labute approximate surface area is 213 Å². The van der Waals surface area contributed by atoms with Gasteiger partial charge in [0.1, 0.15) is 16.7 Å². The highest BCUT2D eigenvalue weighted by atomic mass is 32.1. The molecule has 0 saturated carbocycles. The first kappa shape index (κ1) is 25.2. The number of carbonyl (C=O) groups is 2. The molecule has 9 nitrogen and oxygen atoms in total. The summed E-state index contributed by atoms with van der Waals surface area (Å²) in [7, 11) is 3.14. The van der Waals surface area contributed by atoms with Crippen LogP contribution in [0.2, 0.25) is 0 Å². The number of aryl methyl sites for hydroxylation is 2. The minimum atomic E-state index is -0.514. The maximum Gasteiger partial charge on any atom is 0.431 e. The first-order valence-electron chi connectivity index (χ1n) is 11.5. The van der Waals surface area contributed by atoms with E-state index in [0.717, 1.165) is 16.1 Å². The lowest BCUT2D eigenvalue weighted by Gasteiger charge is -2.29. The van der Waals surface area contributed by atoms with Gasteiger partial charge in [-0.2, -0.15) is 10.1 Å². The van der Waals surface area contributed by atoms with Gasteiger partial charge in [0.05, 0.1) is 31.5 Å². The number of hydrogen-bond donors (Lipinski definition) is 1. The van der Waals surface area contributed by atoms with Crippen LogP contribution < -0.4 is 14.8 Å². The van der Waals surface area contributed by atoms with Gasteiger partial charge < -0.3 is 19.5 Å². The van der Waals surface area contributed by atoms with E-state index in [1.807, 2.05) is 45.0 Å². The van der Waals surface area contributed by atoms with Crippen LogP contribution in [0.3, 0.4) is 0 Å². The molecule has 2 aromatic carbocycles. The van der Waals surface area contributed by atoms with Crippen LogP contribution in [-0.2, 0) is 11.3 Å². The van der Waals surface area contributed by atoms with Crippen LogP contribution in [-0.4, -0.2) is 48.0 Å². The number of ether oxygens (including phenoxy) is 3. The molecule has 0 aliphatic carbocycles. The molecule has 0 bridgehead atoms. The van der Waals surface area contributed by atoms with Crippen molar-refractivity contribution in [2.45, 2.75) is 39.8 Å². The monoisotopic (exact) mass is 508 g/mol. The van der Waals surface area contributed by atoms with Crippen molar-refractivity contribution >= 4 is 34.7 Å². The van der Waals surface area contributed by atoms with Gasteiger partial charge in [-0.25, -0.2) is 9.78 Å². The number of nitrogens with one attached hydrogen (secondary N) is 1. The van der Waals surface area contributed by atoms with E-state index in [1.165, 1.54) is 16.3 Å². The Hall–Kier alpha value is -3.92. The van der Waals surface area contributed by atoms with Gasteiger partial charge in [0.15, 0.2) is 11.5 Å². The number of methoxy groups -OCH3 is 2. The summed E-state index contributed by atoms with van der Waals surface area (Å²) in [5.74, 6) is 0.977. The molecule has 0 fully saturated rings. The summed E-state index contributed by atoms with van der Waals surface area (Å²) >= 11 is 1.36. The van der Waals surface area contributed by atoms with E-state index in [9.17, 15) is 9.59 Å². The van der Waals surface area contributed by atoms with Crippen molar-refractivity contribution in [2.75, 3.05) is 19.5 Å². The fourth-order valence-corrected chi connectivity index (χ4v) is 4.70. The number of aromatic nitrogens is 1. The number of anilines is 1. The van der Waals surface area contributed by atoms with Crippen molar-refractivity contribution in [3.05, 3.63) is 69.2 Å². The number of rotatable bonds is 8. The summed E-state index contributed by atoms with van der Waals surface area (Å²) in [6.45, 7) is 5.84. The zero-order valence-corrected chi connectivity index (χ0v) is 21.6. The fraction of sp³-hybridized carbons (Fsp3) is 0.308. The highest BCUT2D eigenvalue weighted by Crippen LogP contribution is 2.30. The molecule has 1 N–H and O–H groups in total. The maximum atomic E-state index is 12.7. The number of hydrazone groups is 1. The third-order valence-electron chi connectivity index (χ3n) is 5.69. The van der Waals surface area contributed by atoms with E-state index in [-0.39, 0.29) is 12.5 Å². The molecule has 2 heterocycles. The van der Waals surface area contributed by atoms with Gasteiger partial charge in [-0.05, 0) is 56.2 Å². The summed E-state index contributed by atoms with van der Waals surface area (Å²) in [5.41, 5.74) is 3.61. The first-order valence-corrected chi connectivity index (χ1v) is 12.3. The Morgan fingerprint density at radius 1 is 1.11 bits per heavy atom. The van der Waals surface area contributed by atoms with E-state index in [2.05, 4.69) is 15.4 Å². The van der Waals surface area contributed by atoms with E-state index in [0.29, 0.717) is 39.9 Å². The van der Waals surface area contributed by atoms with Crippen LogP contribution in [0.4, 0.5) is 10.5 Å². The molecule has 1 aliphatic rings. The van der Waals surface area contributed by atoms with Gasteiger partial charge in [0, 0.05) is 11.3 Å². The summed E-state index contributed by atoms with van der Waals surface area (Å²) < 4.78 is 16.4. The number of hydrogen-bond acceptors (Lipinski definition) is 8. The van der Waals surface area contributed by atoms with Crippen molar-refractivity contribution in [1.82, 2.24) is 9.99 Å². The number of amides is 2. The van der Waals surface area contributed by atoms with Crippen LogP contribution in [0.1, 0.15) is 44.8 Å². The average molecular weight is 509 g/mol. The minimum absolute atomic E-state index is 0.194. The van der Waals surface area contributed by atoms with Crippen LogP contribution in [0, 0.1) is 13.8 Å². The Balaban J connectivity index is 1.52. The standard InChI is InChI=1S/C26H28N4O5S/c1-6-20-23(18-9-12-21(33-4)22(13-18)34-5)29-30(26(32)35-20)14-17-7-10-19(11-8-17)28-25(31)24-15(2)27-16(3)36-24/h7-13,20H,6,14H2,1-5H3,(H,28,31). The third-order valence-corrected chi connectivity index (χ3v) is 6.76. The van der Waals surface area contributed by atoms with Crippen LogP contribution >= 0.6 is 11.3 Å². The lowest BCUT2D eigenvalue weighted by molar-refractivity contribution is 0.0712. The third kappa shape index (κ3) is 5.33. The second-order valence-corrected chi connectivity index (χ2v) is 9.39. The van der Waals surface area contributed by atoms with E-state index < -0.39 is 12.2 Å². The smallest absolute Gasteiger partial charge is 0.431 e. The van der Waals surface area contributed by atoms with Gasteiger partial charge in [-0.1, -0.05) is 19.1 Å². The van der Waals surface area contributed by atoms with Crippen molar-refractivity contribution in [3.63, 3.8) is 0 Å². The normalized spacial score (nSPS) is 15.2. The van der Waals surface area contributed by atoms with Crippen molar-refractivity contribution in [2.24, 2.45) is 5.10 Å². The van der Waals surface area contributed by atoms with Crippen LogP contribution in [0.25, 0.3) is 0 Å². The molecule has 4 rings (SSSR count). The highest BCUT2D eigenvalue weighted by molar-refractivity contribution is 7.13. The fourth-order valence-electron chi connectivity index (χ4n) is 3.89. The van der Waals surface area contributed by atoms with Gasteiger partial charge in [0.2, 0.25) is 0 Å². The first-order chi connectivity index (χ1) is 17.3. The van der Waals surface area contributed by atoms with Gasteiger partial charge in [-0.3, -0.25) is 4.79 Å². The zero-order valence-electron chi connectivity index (χ0n) is 20.8. The van der Waals surface area contributed by atoms with Gasteiger partial charge in [0.25, 0.3) is 5.91 Å². The molecule has 1 atom stereocenters. The molecular weight excluding hydrogens is 480 g/mol. The number of thiazole rings is 1. The Bertz CT molecular complexity index is 1300. The Morgan fingerprint density at radius 3 is 2.44 bits per heavy atom. The predicted molar refractivity (Wildman–Crippen MR) is 138 cm³/mol. The minimum Gasteiger partial charge on any atom is -0.493 e. The van der Waals surface area contributed by atoms with E-state index in [1.54, 1.807) is 32.4 Å². The number of carbonyl (C=O) groups excluding carboxylic acids is 2. The number of benzene rings is 2. The molecule has 0 spiro atoms. The van der Waals surface area contributed by atoms with Crippen molar-refractivity contribution < 1.29 is 23.8 Å². The SMILES string of the molecule is CCC1OC(=O)N(Cc2ccc(NC(=O)c3sc(C)nc3C)cc2)N=C1c1ccc(OC)c(OC)c1. The van der Waals surface area contributed by atoms with Gasteiger partial charge >= 0.3 is 6.09 Å². The van der Waals surface area contributed by atoms with Gasteiger partial charge in [-0.15, -0.1) is 11.3 Å². The highest BCUT2D eigenvalue weighted by Gasteiger charge is 2.31. The second kappa shape index (κ2) is 10.8. The lowest BCUT2D eigenvalue weighted by atomic mass is 10.0. The maximum absolute atomic E-state index is 12.7. The molecular formula is C26H28N4O5S. The molecule has 2 amide bonds. The predicted octanol–water partition coefficient (Wildman–Crippen LogP) is 5.16. The number of nitrogens with zero attached hydrogens (tertiary/aromatic N) is 3. The quantitative estimate of drug-likeness (QED) is 0.451. The van der Waals surface area contributed by atoms with E-state index >= 15 is 0 Å². The molecule has 3 aromatic rings. The summed E-state index contributed by atoms with van der Waals surface area (Å²) in [6.07, 6.45) is -0.400. The molecule has 1 aliphatic heterocycles. The zero-order chi connectivity index (χ0) is 25.8. The molecule has 1 unspecified atom stereocenters. The molecule has 0 saturated heterocycles. The number of cyclic esters (lactones) is 1. The molecule has 0 radical (unpaired) electrons. The Kier molecular flexibility index (Phi) is 7.54.